The highest BCUT2D eigenvalue weighted by Crippen LogP contribution is 2.37. The summed E-state index contributed by atoms with van der Waals surface area (Å²) in [5.41, 5.74) is 1.08. The van der Waals surface area contributed by atoms with Crippen LogP contribution in [-0.2, 0) is 9.59 Å². The number of carbonyl (C=O) groups excluding carboxylic acids is 3. The summed E-state index contributed by atoms with van der Waals surface area (Å²) in [7, 11) is 0. The van der Waals surface area contributed by atoms with Gasteiger partial charge in [0.2, 0.25) is 11.8 Å². The van der Waals surface area contributed by atoms with Crippen LogP contribution in [0.4, 0.5) is 0 Å². The molecule has 2 saturated heterocycles. The molecule has 0 saturated carbocycles. The van der Waals surface area contributed by atoms with Gasteiger partial charge in [0.05, 0.1) is 17.9 Å². The molecule has 1 aromatic carbocycles. The van der Waals surface area contributed by atoms with Crippen LogP contribution in [0, 0.1) is 11.8 Å². The molecule has 3 amide bonds. The van der Waals surface area contributed by atoms with Crippen LogP contribution in [0.25, 0.3) is 11.3 Å². The molecule has 142 valence electrons. The van der Waals surface area contributed by atoms with E-state index in [0.29, 0.717) is 31.7 Å². The first-order valence-corrected chi connectivity index (χ1v) is 9.47. The number of hydrogen-bond donors (Lipinski definition) is 0. The van der Waals surface area contributed by atoms with E-state index in [1.807, 2.05) is 42.5 Å². The summed E-state index contributed by atoms with van der Waals surface area (Å²) in [4.78, 5) is 40.9. The maximum Gasteiger partial charge on any atom is 0.276 e. The maximum absolute atomic E-state index is 12.7. The second kappa shape index (κ2) is 6.44. The Balaban J connectivity index is 1.25. The topological polar surface area (TPSA) is 83.7 Å². The van der Waals surface area contributed by atoms with Crippen molar-refractivity contribution in [2.24, 2.45) is 11.8 Å². The molecule has 2 atom stereocenters. The van der Waals surface area contributed by atoms with E-state index in [-0.39, 0.29) is 41.3 Å². The molecule has 0 unspecified atom stereocenters. The first kappa shape index (κ1) is 16.9. The van der Waals surface area contributed by atoms with Gasteiger partial charge in [-0.1, -0.05) is 47.6 Å². The van der Waals surface area contributed by atoms with Gasteiger partial charge in [-0.2, -0.15) is 0 Å². The van der Waals surface area contributed by atoms with Gasteiger partial charge in [-0.15, -0.1) is 0 Å². The van der Waals surface area contributed by atoms with E-state index < -0.39 is 0 Å². The molecular weight excluding hydrogens is 358 g/mol. The smallest absolute Gasteiger partial charge is 0.276 e. The van der Waals surface area contributed by atoms with Gasteiger partial charge in [0, 0.05) is 24.7 Å². The maximum atomic E-state index is 12.7. The molecule has 0 spiro atoms. The van der Waals surface area contributed by atoms with E-state index in [0.717, 1.165) is 5.56 Å². The van der Waals surface area contributed by atoms with Crippen molar-refractivity contribution >= 4 is 17.7 Å². The Kier molecular flexibility index (Phi) is 3.89. The van der Waals surface area contributed by atoms with E-state index in [2.05, 4.69) is 5.16 Å². The number of fused-ring (bicyclic) bond motifs is 1. The number of imide groups is 1. The first-order chi connectivity index (χ1) is 13.6. The number of carbonyl (C=O) groups is 3. The zero-order chi connectivity index (χ0) is 19.3. The SMILES string of the molecule is O=C(c1cc(-c2ccccc2)on1)N1CC(N2C(=O)[C@@H]3CC=CC[C@H]3C2=O)C1. The normalized spacial score (nSPS) is 24.4. The summed E-state index contributed by atoms with van der Waals surface area (Å²) in [6.07, 6.45) is 5.20. The number of aromatic nitrogens is 1. The fraction of sp³-hybridized carbons (Fsp3) is 0.333. The van der Waals surface area contributed by atoms with Crippen molar-refractivity contribution in [1.82, 2.24) is 15.0 Å². The molecule has 7 nitrogen and oxygen atoms in total. The van der Waals surface area contributed by atoms with E-state index >= 15 is 0 Å². The average Bonchev–Trinajstić information content (AvgIpc) is 3.28. The minimum atomic E-state index is -0.250. The molecule has 1 aromatic heterocycles. The number of benzene rings is 1. The molecular formula is C21H19N3O4. The zero-order valence-corrected chi connectivity index (χ0v) is 15.2. The van der Waals surface area contributed by atoms with Crippen LogP contribution < -0.4 is 0 Å². The number of likely N-dealkylation sites (tertiary alicyclic amines) is 2. The van der Waals surface area contributed by atoms with Gasteiger partial charge >= 0.3 is 0 Å². The lowest BCUT2D eigenvalue weighted by Crippen LogP contribution is -2.62. The van der Waals surface area contributed by atoms with Crippen LogP contribution in [0.2, 0.25) is 0 Å². The average molecular weight is 377 g/mol. The van der Waals surface area contributed by atoms with Gasteiger partial charge in [-0.05, 0) is 12.8 Å². The lowest BCUT2D eigenvalue weighted by Gasteiger charge is -2.42. The standard InChI is InChI=1S/C21H19N3O4/c25-19-15-8-4-5-9-16(15)20(26)24(19)14-11-23(12-14)21(27)17-10-18(28-22-17)13-6-2-1-3-7-13/h1-7,10,14-16H,8-9,11-12H2/t15-,16-/m1/s1. The highest BCUT2D eigenvalue weighted by molar-refractivity contribution is 6.06. The second-order valence-corrected chi connectivity index (χ2v) is 7.51. The quantitative estimate of drug-likeness (QED) is 0.604. The monoisotopic (exact) mass is 377 g/mol. The molecule has 3 aliphatic rings. The molecule has 0 bridgehead atoms. The molecule has 2 fully saturated rings. The molecule has 28 heavy (non-hydrogen) atoms. The lowest BCUT2D eigenvalue weighted by atomic mass is 9.85. The number of amides is 3. The largest absolute Gasteiger partial charge is 0.355 e. The van der Waals surface area contributed by atoms with Crippen molar-refractivity contribution in [1.29, 1.82) is 0 Å². The van der Waals surface area contributed by atoms with E-state index in [1.54, 1.807) is 11.0 Å². The molecule has 0 radical (unpaired) electrons. The second-order valence-electron chi connectivity index (χ2n) is 7.51. The Labute approximate surface area is 161 Å². The Morgan fingerprint density at radius 2 is 1.64 bits per heavy atom. The summed E-state index contributed by atoms with van der Waals surface area (Å²) in [6, 6.07) is 10.8. The predicted octanol–water partition coefficient (Wildman–Crippen LogP) is 2.12. The summed E-state index contributed by atoms with van der Waals surface area (Å²) >= 11 is 0. The van der Waals surface area contributed by atoms with Crippen molar-refractivity contribution in [3.8, 4) is 11.3 Å². The van der Waals surface area contributed by atoms with Crippen LogP contribution in [0.15, 0.2) is 53.1 Å². The minimum absolute atomic E-state index is 0.0933. The number of nitrogens with zero attached hydrogens (tertiary/aromatic N) is 3. The summed E-state index contributed by atoms with van der Waals surface area (Å²) in [5.74, 6) is -0.367. The van der Waals surface area contributed by atoms with Gasteiger partial charge in [-0.3, -0.25) is 19.3 Å². The first-order valence-electron chi connectivity index (χ1n) is 9.47. The van der Waals surface area contributed by atoms with Crippen molar-refractivity contribution in [3.05, 3.63) is 54.2 Å². The van der Waals surface area contributed by atoms with E-state index in [4.69, 9.17) is 4.52 Å². The van der Waals surface area contributed by atoms with Crippen LogP contribution in [0.1, 0.15) is 23.3 Å². The fourth-order valence-corrected chi connectivity index (χ4v) is 4.25. The van der Waals surface area contributed by atoms with Crippen LogP contribution >= 0.6 is 0 Å². The highest BCUT2D eigenvalue weighted by atomic mass is 16.5. The molecule has 5 rings (SSSR count). The third-order valence-electron chi connectivity index (χ3n) is 5.84. The molecule has 3 heterocycles. The van der Waals surface area contributed by atoms with Gasteiger partial charge in [-0.25, -0.2) is 0 Å². The Hall–Kier alpha value is -3.22. The number of hydrogen-bond acceptors (Lipinski definition) is 5. The van der Waals surface area contributed by atoms with Gasteiger partial charge < -0.3 is 9.42 Å². The van der Waals surface area contributed by atoms with Crippen LogP contribution in [-0.4, -0.2) is 51.8 Å². The van der Waals surface area contributed by atoms with Crippen molar-refractivity contribution < 1.29 is 18.9 Å². The lowest BCUT2D eigenvalue weighted by molar-refractivity contribution is -0.145. The van der Waals surface area contributed by atoms with Crippen molar-refractivity contribution in [2.75, 3.05) is 13.1 Å². The molecule has 7 heteroatoms. The zero-order valence-electron chi connectivity index (χ0n) is 15.2. The van der Waals surface area contributed by atoms with Crippen molar-refractivity contribution in [3.63, 3.8) is 0 Å². The summed E-state index contributed by atoms with van der Waals surface area (Å²) in [6.45, 7) is 0.688. The third-order valence-corrected chi connectivity index (χ3v) is 5.84. The Bertz CT molecular complexity index is 949. The fourth-order valence-electron chi connectivity index (χ4n) is 4.25. The van der Waals surface area contributed by atoms with Crippen LogP contribution in [0.5, 0.6) is 0 Å². The Morgan fingerprint density at radius 1 is 1.00 bits per heavy atom. The summed E-state index contributed by atoms with van der Waals surface area (Å²) in [5, 5.41) is 3.88. The van der Waals surface area contributed by atoms with Gasteiger partial charge in [0.25, 0.3) is 5.91 Å². The number of rotatable bonds is 3. The predicted molar refractivity (Wildman–Crippen MR) is 98.8 cm³/mol. The molecule has 1 aliphatic carbocycles. The van der Waals surface area contributed by atoms with E-state index in [1.165, 1.54) is 4.90 Å². The molecule has 2 aliphatic heterocycles. The highest BCUT2D eigenvalue weighted by Gasteiger charge is 2.52. The van der Waals surface area contributed by atoms with Crippen LogP contribution in [0.3, 0.4) is 0 Å². The molecule has 2 aromatic rings. The number of allylic oxidation sites excluding steroid dienone is 2. The minimum Gasteiger partial charge on any atom is -0.355 e. The third kappa shape index (κ3) is 2.58. The Morgan fingerprint density at radius 3 is 2.29 bits per heavy atom. The van der Waals surface area contributed by atoms with Gasteiger partial charge in [0.1, 0.15) is 0 Å². The summed E-state index contributed by atoms with van der Waals surface area (Å²) < 4.78 is 5.29. The van der Waals surface area contributed by atoms with Crippen molar-refractivity contribution in [2.45, 2.75) is 18.9 Å². The van der Waals surface area contributed by atoms with E-state index in [9.17, 15) is 14.4 Å². The van der Waals surface area contributed by atoms with Gasteiger partial charge in [0.15, 0.2) is 11.5 Å². The molecule has 0 N–H and O–H groups in total.